The molecule has 0 spiro atoms. The summed E-state index contributed by atoms with van der Waals surface area (Å²) >= 11 is 0. The van der Waals surface area contributed by atoms with Crippen molar-refractivity contribution in [2.24, 2.45) is 0 Å². The van der Waals surface area contributed by atoms with E-state index in [0.29, 0.717) is 11.8 Å². The lowest BCUT2D eigenvalue weighted by Gasteiger charge is -2.26. The number of rotatable bonds is 1. The molecule has 1 fully saturated rings. The van der Waals surface area contributed by atoms with Gasteiger partial charge in [-0.3, -0.25) is 4.79 Å². The molecule has 1 heterocycles. The van der Waals surface area contributed by atoms with Crippen LogP contribution < -0.4 is 4.90 Å². The predicted octanol–water partition coefficient (Wildman–Crippen LogP) is 2.17. The average molecular weight is 201 g/mol. The van der Waals surface area contributed by atoms with Crippen molar-refractivity contribution in [1.29, 1.82) is 0 Å². The van der Waals surface area contributed by atoms with Gasteiger partial charge in [-0.15, -0.1) is 0 Å². The zero-order valence-electron chi connectivity index (χ0n) is 8.78. The van der Waals surface area contributed by atoms with Crippen molar-refractivity contribution in [3.8, 4) is 0 Å². The molecule has 0 unspecified atom stereocenters. The molecule has 1 aromatic carbocycles. The molecule has 2 aliphatic rings. The second-order valence-corrected chi connectivity index (χ2v) is 4.51. The van der Waals surface area contributed by atoms with Crippen LogP contribution in [-0.2, 0) is 11.2 Å². The molecule has 15 heavy (non-hydrogen) atoms. The lowest BCUT2D eigenvalue weighted by Crippen LogP contribution is -2.31. The minimum atomic E-state index is 0.435. The van der Waals surface area contributed by atoms with E-state index in [4.69, 9.17) is 0 Å². The number of para-hydroxylation sites is 1. The van der Waals surface area contributed by atoms with Gasteiger partial charge in [0.1, 0.15) is 5.78 Å². The second kappa shape index (κ2) is 3.37. The van der Waals surface area contributed by atoms with Crippen LogP contribution in [0.1, 0.15) is 24.8 Å². The first kappa shape index (κ1) is 8.96. The summed E-state index contributed by atoms with van der Waals surface area (Å²) in [6, 6.07) is 9.05. The lowest BCUT2D eigenvalue weighted by molar-refractivity contribution is -0.117. The van der Waals surface area contributed by atoms with Gasteiger partial charge in [-0.05, 0) is 24.5 Å². The SMILES string of the molecule is O=C1CC[C@H](N2CCc3ccccc32)C1. The smallest absolute Gasteiger partial charge is 0.135 e. The van der Waals surface area contributed by atoms with E-state index < -0.39 is 0 Å². The van der Waals surface area contributed by atoms with Gasteiger partial charge in [-0.25, -0.2) is 0 Å². The van der Waals surface area contributed by atoms with E-state index in [2.05, 4.69) is 29.2 Å². The Morgan fingerprint density at radius 1 is 1.20 bits per heavy atom. The number of carbonyl (C=O) groups excluding carboxylic acids is 1. The average Bonchev–Trinajstić information content (AvgIpc) is 2.83. The topological polar surface area (TPSA) is 20.3 Å². The first-order chi connectivity index (χ1) is 7.34. The van der Waals surface area contributed by atoms with Gasteiger partial charge in [0.15, 0.2) is 0 Å². The van der Waals surface area contributed by atoms with E-state index in [1.165, 1.54) is 11.3 Å². The number of hydrogen-bond donors (Lipinski definition) is 0. The standard InChI is InChI=1S/C13H15NO/c15-12-6-5-11(9-12)14-8-7-10-3-1-2-4-13(10)14/h1-4,11H,5-9H2/t11-/m0/s1. The number of Topliss-reactive ketones (excluding diaryl/α,β-unsaturated/α-hetero) is 1. The third kappa shape index (κ3) is 1.44. The van der Waals surface area contributed by atoms with Gasteiger partial charge < -0.3 is 4.90 Å². The summed E-state index contributed by atoms with van der Waals surface area (Å²) in [5.41, 5.74) is 2.80. The summed E-state index contributed by atoms with van der Waals surface area (Å²) in [5, 5.41) is 0. The molecule has 78 valence electrons. The van der Waals surface area contributed by atoms with E-state index in [0.717, 1.165) is 32.2 Å². The van der Waals surface area contributed by atoms with Crippen LogP contribution >= 0.6 is 0 Å². The summed E-state index contributed by atoms with van der Waals surface area (Å²) in [6.45, 7) is 1.09. The number of anilines is 1. The third-order valence-electron chi connectivity index (χ3n) is 3.58. The fourth-order valence-corrected chi connectivity index (χ4v) is 2.80. The first-order valence-corrected chi connectivity index (χ1v) is 5.71. The summed E-state index contributed by atoms with van der Waals surface area (Å²) in [5.74, 6) is 0.435. The normalized spacial score (nSPS) is 24.7. The molecule has 0 saturated heterocycles. The molecular formula is C13H15NO. The molecule has 3 rings (SSSR count). The van der Waals surface area contributed by atoms with Crippen molar-refractivity contribution in [2.45, 2.75) is 31.7 Å². The van der Waals surface area contributed by atoms with E-state index in [9.17, 15) is 4.79 Å². The maximum absolute atomic E-state index is 11.3. The third-order valence-corrected chi connectivity index (χ3v) is 3.58. The number of ketones is 1. The van der Waals surface area contributed by atoms with Gasteiger partial charge in [0, 0.05) is 31.1 Å². The highest BCUT2D eigenvalue weighted by Gasteiger charge is 2.31. The van der Waals surface area contributed by atoms with Crippen molar-refractivity contribution in [3.05, 3.63) is 29.8 Å². The van der Waals surface area contributed by atoms with Gasteiger partial charge in [0.05, 0.1) is 0 Å². The Balaban J connectivity index is 1.87. The van der Waals surface area contributed by atoms with Gasteiger partial charge in [-0.1, -0.05) is 18.2 Å². The van der Waals surface area contributed by atoms with Crippen LogP contribution in [0, 0.1) is 0 Å². The molecule has 2 nitrogen and oxygen atoms in total. The highest BCUT2D eigenvalue weighted by Crippen LogP contribution is 2.33. The number of nitrogens with zero attached hydrogens (tertiary/aromatic N) is 1. The molecule has 0 amide bonds. The number of fused-ring (bicyclic) bond motifs is 1. The fourth-order valence-electron chi connectivity index (χ4n) is 2.80. The zero-order valence-corrected chi connectivity index (χ0v) is 8.78. The van der Waals surface area contributed by atoms with Gasteiger partial charge >= 0.3 is 0 Å². The lowest BCUT2D eigenvalue weighted by atomic mass is 10.1. The summed E-state index contributed by atoms with van der Waals surface area (Å²) in [6.07, 6.45) is 3.73. The van der Waals surface area contributed by atoms with Crippen LogP contribution in [0.4, 0.5) is 5.69 Å². The number of benzene rings is 1. The van der Waals surface area contributed by atoms with Crippen molar-refractivity contribution in [2.75, 3.05) is 11.4 Å². The summed E-state index contributed by atoms with van der Waals surface area (Å²) in [4.78, 5) is 13.7. The first-order valence-electron chi connectivity index (χ1n) is 5.71. The Hall–Kier alpha value is -1.31. The summed E-state index contributed by atoms with van der Waals surface area (Å²) in [7, 11) is 0. The van der Waals surface area contributed by atoms with Gasteiger partial charge in [0.25, 0.3) is 0 Å². The minimum absolute atomic E-state index is 0.435. The van der Waals surface area contributed by atoms with Crippen LogP contribution in [0.3, 0.4) is 0 Å². The Morgan fingerprint density at radius 2 is 2.07 bits per heavy atom. The van der Waals surface area contributed by atoms with Crippen LogP contribution in [0.2, 0.25) is 0 Å². The van der Waals surface area contributed by atoms with Crippen LogP contribution in [0.25, 0.3) is 0 Å². The van der Waals surface area contributed by atoms with E-state index in [1.807, 2.05) is 0 Å². The van der Waals surface area contributed by atoms with E-state index in [-0.39, 0.29) is 0 Å². The van der Waals surface area contributed by atoms with Crippen LogP contribution in [0.5, 0.6) is 0 Å². The van der Waals surface area contributed by atoms with Crippen LogP contribution in [0.15, 0.2) is 24.3 Å². The molecule has 2 heteroatoms. The van der Waals surface area contributed by atoms with Gasteiger partial charge in [-0.2, -0.15) is 0 Å². The molecule has 0 bridgehead atoms. The zero-order chi connectivity index (χ0) is 10.3. The Morgan fingerprint density at radius 3 is 2.87 bits per heavy atom. The number of hydrogen-bond acceptors (Lipinski definition) is 2. The van der Waals surface area contributed by atoms with Crippen molar-refractivity contribution < 1.29 is 4.79 Å². The molecule has 1 aliphatic heterocycles. The molecule has 1 aromatic rings. The van der Waals surface area contributed by atoms with E-state index in [1.54, 1.807) is 0 Å². The summed E-state index contributed by atoms with van der Waals surface area (Å²) < 4.78 is 0. The highest BCUT2D eigenvalue weighted by molar-refractivity contribution is 5.82. The highest BCUT2D eigenvalue weighted by atomic mass is 16.1. The Labute approximate surface area is 89.9 Å². The monoisotopic (exact) mass is 201 g/mol. The molecule has 1 aliphatic carbocycles. The quantitative estimate of drug-likeness (QED) is 0.694. The fraction of sp³-hybridized carbons (Fsp3) is 0.462. The maximum Gasteiger partial charge on any atom is 0.135 e. The molecular weight excluding hydrogens is 186 g/mol. The molecule has 0 aromatic heterocycles. The molecule has 1 atom stereocenters. The predicted molar refractivity (Wildman–Crippen MR) is 60.1 cm³/mol. The molecule has 0 N–H and O–H groups in total. The second-order valence-electron chi connectivity index (χ2n) is 4.51. The van der Waals surface area contributed by atoms with Crippen molar-refractivity contribution >= 4 is 11.5 Å². The van der Waals surface area contributed by atoms with Crippen LogP contribution in [-0.4, -0.2) is 18.4 Å². The molecule has 1 saturated carbocycles. The van der Waals surface area contributed by atoms with Gasteiger partial charge in [0.2, 0.25) is 0 Å². The minimum Gasteiger partial charge on any atom is -0.368 e. The van der Waals surface area contributed by atoms with E-state index >= 15 is 0 Å². The molecule has 0 radical (unpaired) electrons. The van der Waals surface area contributed by atoms with Crippen molar-refractivity contribution in [3.63, 3.8) is 0 Å². The van der Waals surface area contributed by atoms with Crippen molar-refractivity contribution in [1.82, 2.24) is 0 Å². The maximum atomic E-state index is 11.3. The number of carbonyl (C=O) groups is 1. The Bertz CT molecular complexity index is 399. The largest absolute Gasteiger partial charge is 0.368 e. The Kier molecular flexibility index (Phi) is 2.01.